The van der Waals surface area contributed by atoms with Crippen LogP contribution in [0.25, 0.3) is 10.6 Å². The molecule has 0 atom stereocenters. The normalized spacial score (nSPS) is 15.0. The van der Waals surface area contributed by atoms with Crippen molar-refractivity contribution in [2.45, 2.75) is 17.6 Å². The molecule has 1 amide bonds. The zero-order valence-electron chi connectivity index (χ0n) is 16.6. The number of sulfonamides is 1. The molecule has 3 aromatic rings. The van der Waals surface area contributed by atoms with Crippen LogP contribution in [-0.2, 0) is 22.7 Å². The van der Waals surface area contributed by atoms with Gasteiger partial charge in [0.2, 0.25) is 0 Å². The maximum atomic E-state index is 13.0. The highest BCUT2D eigenvalue weighted by Crippen LogP contribution is 2.39. The Morgan fingerprint density at radius 3 is 2.28 bits per heavy atom. The molecule has 4 rings (SSSR count). The summed E-state index contributed by atoms with van der Waals surface area (Å²) in [6.45, 7) is -0.322. The molecule has 0 spiro atoms. The number of amides is 1. The summed E-state index contributed by atoms with van der Waals surface area (Å²) in [5.74, 6) is -0.345. The summed E-state index contributed by atoms with van der Waals surface area (Å²) in [6, 6.07) is 7.01. The van der Waals surface area contributed by atoms with Crippen molar-refractivity contribution in [3.8, 4) is 22.1 Å². The van der Waals surface area contributed by atoms with Crippen LogP contribution in [-0.4, -0.2) is 37.8 Å². The van der Waals surface area contributed by atoms with Crippen molar-refractivity contribution in [3.05, 3.63) is 58.6 Å². The lowest BCUT2D eigenvalue weighted by molar-refractivity contribution is -0.137. The fourth-order valence-corrected chi connectivity index (χ4v) is 5.57. The van der Waals surface area contributed by atoms with Gasteiger partial charge in [0.25, 0.3) is 15.9 Å². The van der Waals surface area contributed by atoms with E-state index in [0.29, 0.717) is 14.9 Å². The van der Waals surface area contributed by atoms with Gasteiger partial charge < -0.3 is 9.47 Å². The Bertz CT molecular complexity index is 1300. The monoisotopic (exact) mass is 484 g/mol. The molecule has 1 aliphatic rings. The number of hydrogen-bond donors (Lipinski definition) is 0. The first kappa shape index (κ1) is 22.1. The lowest BCUT2D eigenvalue weighted by Gasteiger charge is -2.13. The molecule has 0 radical (unpaired) electrons. The van der Waals surface area contributed by atoms with Crippen molar-refractivity contribution >= 4 is 27.3 Å². The van der Waals surface area contributed by atoms with Gasteiger partial charge in [-0.25, -0.2) is 17.7 Å². The van der Waals surface area contributed by atoms with Crippen LogP contribution in [0, 0.1) is 0 Å². The third-order valence-electron chi connectivity index (χ3n) is 4.83. The quantitative estimate of drug-likeness (QED) is 0.540. The van der Waals surface area contributed by atoms with Crippen LogP contribution in [0.1, 0.15) is 21.6 Å². The van der Waals surface area contributed by atoms with Crippen LogP contribution in [0.5, 0.6) is 11.5 Å². The molecular formula is C20H15F3N2O5S2. The van der Waals surface area contributed by atoms with Gasteiger partial charge in [-0.2, -0.15) is 13.2 Å². The molecule has 1 aromatic heterocycles. The molecule has 0 saturated heterocycles. The van der Waals surface area contributed by atoms with E-state index >= 15 is 0 Å². The topological polar surface area (TPSA) is 85.8 Å². The SMILES string of the molecule is COc1cc2c(cc1OC)S(=O)(=O)N(Cc1csc(-c3ccc(C(F)(F)F)cc3)n1)C2=O. The van der Waals surface area contributed by atoms with E-state index < -0.39 is 27.7 Å². The number of alkyl halides is 3. The van der Waals surface area contributed by atoms with Crippen LogP contribution in [0.3, 0.4) is 0 Å². The second-order valence-electron chi connectivity index (χ2n) is 6.74. The number of benzene rings is 2. The molecule has 2 aromatic carbocycles. The van der Waals surface area contributed by atoms with E-state index in [1.807, 2.05) is 0 Å². The molecule has 168 valence electrons. The summed E-state index contributed by atoms with van der Waals surface area (Å²) >= 11 is 1.13. The predicted octanol–water partition coefficient (Wildman–Crippen LogP) is 4.19. The Hall–Kier alpha value is -3.12. The minimum absolute atomic E-state index is 0.0409. The Morgan fingerprint density at radius 2 is 1.69 bits per heavy atom. The van der Waals surface area contributed by atoms with E-state index in [9.17, 15) is 26.4 Å². The maximum Gasteiger partial charge on any atom is 0.416 e. The molecule has 0 aliphatic carbocycles. The number of ether oxygens (including phenoxy) is 2. The first-order chi connectivity index (χ1) is 15.1. The van der Waals surface area contributed by atoms with Crippen molar-refractivity contribution in [3.63, 3.8) is 0 Å². The number of nitrogens with zero attached hydrogens (tertiary/aromatic N) is 2. The van der Waals surface area contributed by atoms with Gasteiger partial charge in [0.05, 0.1) is 37.6 Å². The van der Waals surface area contributed by atoms with Crippen LogP contribution in [0.4, 0.5) is 13.2 Å². The smallest absolute Gasteiger partial charge is 0.416 e. The summed E-state index contributed by atoms with van der Waals surface area (Å²) in [5, 5.41) is 1.96. The second-order valence-corrected chi connectivity index (χ2v) is 9.43. The number of carbonyl (C=O) groups excluding carboxylic acids is 1. The van der Waals surface area contributed by atoms with Crippen molar-refractivity contribution in [2.75, 3.05) is 14.2 Å². The van der Waals surface area contributed by atoms with Gasteiger partial charge in [0.15, 0.2) is 11.5 Å². The Balaban J connectivity index is 1.61. The number of thiazole rings is 1. The minimum atomic E-state index is -4.45. The van der Waals surface area contributed by atoms with E-state index in [-0.39, 0.29) is 34.2 Å². The second kappa shape index (κ2) is 7.78. The fourth-order valence-electron chi connectivity index (χ4n) is 3.22. The van der Waals surface area contributed by atoms with Gasteiger partial charge in [-0.05, 0) is 18.2 Å². The predicted molar refractivity (Wildman–Crippen MR) is 109 cm³/mol. The van der Waals surface area contributed by atoms with Gasteiger partial charge >= 0.3 is 6.18 Å². The van der Waals surface area contributed by atoms with Crippen LogP contribution in [0.15, 0.2) is 46.7 Å². The zero-order valence-corrected chi connectivity index (χ0v) is 18.3. The number of hydrogen-bond acceptors (Lipinski definition) is 7. The van der Waals surface area contributed by atoms with Crippen molar-refractivity contribution in [2.24, 2.45) is 0 Å². The number of aromatic nitrogens is 1. The largest absolute Gasteiger partial charge is 0.493 e. The number of fused-ring (bicyclic) bond motifs is 1. The molecule has 0 saturated carbocycles. The summed E-state index contributed by atoms with van der Waals surface area (Å²) in [5.41, 5.74) is -0.0903. The highest BCUT2D eigenvalue weighted by atomic mass is 32.2. The molecule has 0 N–H and O–H groups in total. The van der Waals surface area contributed by atoms with Crippen molar-refractivity contribution < 1.29 is 35.9 Å². The third-order valence-corrected chi connectivity index (χ3v) is 7.54. The maximum absolute atomic E-state index is 13.0. The van der Waals surface area contributed by atoms with Crippen molar-refractivity contribution in [1.82, 2.24) is 9.29 Å². The van der Waals surface area contributed by atoms with Crippen LogP contribution >= 0.6 is 11.3 Å². The fraction of sp³-hybridized carbons (Fsp3) is 0.200. The van der Waals surface area contributed by atoms with E-state index in [1.165, 1.54) is 38.5 Å². The van der Waals surface area contributed by atoms with E-state index in [4.69, 9.17) is 9.47 Å². The Kier molecular flexibility index (Phi) is 5.37. The van der Waals surface area contributed by atoms with Gasteiger partial charge in [-0.15, -0.1) is 11.3 Å². The molecule has 0 bridgehead atoms. The number of methoxy groups -OCH3 is 2. The first-order valence-corrected chi connectivity index (χ1v) is 11.3. The van der Waals surface area contributed by atoms with Gasteiger partial charge in [0.1, 0.15) is 9.90 Å². The van der Waals surface area contributed by atoms with Gasteiger partial charge in [-0.1, -0.05) is 12.1 Å². The average Bonchev–Trinajstić information content (AvgIpc) is 3.30. The van der Waals surface area contributed by atoms with E-state index in [1.54, 1.807) is 5.38 Å². The lowest BCUT2D eigenvalue weighted by atomic mass is 10.1. The standard InChI is InChI=1S/C20H15F3N2O5S2/c1-29-15-7-14-17(8-16(15)30-2)32(27,28)25(19(14)26)9-13-10-31-18(24-13)11-3-5-12(6-4-11)20(21,22)23/h3-8,10H,9H2,1-2H3. The molecule has 0 unspecified atom stereocenters. The molecule has 0 fully saturated rings. The highest BCUT2D eigenvalue weighted by Gasteiger charge is 2.42. The van der Waals surface area contributed by atoms with Gasteiger partial charge in [-0.3, -0.25) is 4.79 Å². The van der Waals surface area contributed by atoms with Crippen LogP contribution < -0.4 is 9.47 Å². The summed E-state index contributed by atoms with van der Waals surface area (Å²) < 4.78 is 75.1. The molecular weight excluding hydrogens is 469 g/mol. The summed E-state index contributed by atoms with van der Waals surface area (Å²) in [7, 11) is -1.42. The van der Waals surface area contributed by atoms with E-state index in [2.05, 4.69) is 4.98 Å². The zero-order chi connectivity index (χ0) is 23.3. The Labute approximate surface area is 185 Å². The molecule has 32 heavy (non-hydrogen) atoms. The number of carbonyl (C=O) groups is 1. The van der Waals surface area contributed by atoms with Gasteiger partial charge in [0, 0.05) is 17.0 Å². The van der Waals surface area contributed by atoms with Crippen molar-refractivity contribution in [1.29, 1.82) is 0 Å². The lowest BCUT2D eigenvalue weighted by Crippen LogP contribution is -2.29. The van der Waals surface area contributed by atoms with E-state index in [0.717, 1.165) is 23.5 Å². The molecule has 1 aliphatic heterocycles. The third kappa shape index (κ3) is 3.69. The highest BCUT2D eigenvalue weighted by molar-refractivity contribution is 7.90. The average molecular weight is 484 g/mol. The summed E-state index contributed by atoms with van der Waals surface area (Å²) in [6.07, 6.45) is -4.45. The molecule has 12 heteroatoms. The number of rotatable bonds is 5. The van der Waals surface area contributed by atoms with Crippen LogP contribution in [0.2, 0.25) is 0 Å². The molecule has 7 nitrogen and oxygen atoms in total. The first-order valence-electron chi connectivity index (χ1n) is 9.01. The minimum Gasteiger partial charge on any atom is -0.493 e. The Morgan fingerprint density at radius 1 is 1.06 bits per heavy atom. The number of halogens is 3. The molecule has 2 heterocycles. The summed E-state index contributed by atoms with van der Waals surface area (Å²) in [4.78, 5) is 16.9.